The normalized spacial score (nSPS) is 19.4. The van der Waals surface area contributed by atoms with E-state index in [1.807, 2.05) is 6.07 Å². The summed E-state index contributed by atoms with van der Waals surface area (Å²) in [7, 11) is 0. The molecule has 3 atom stereocenters. The van der Waals surface area contributed by atoms with Crippen LogP contribution in [0, 0.1) is 5.92 Å². The predicted molar refractivity (Wildman–Crippen MR) is 289 cm³/mol. The SMILES string of the molecule is O=C(CCCOCCOCCOCCOCCNC(=O)CCC1(c2ccc(-c3cc4c(cc3-c3ccccc3)C3CCC(=O)C3C=C4)cc2)CCC1)CCC(=O)Nc1cccc2c1C(=O)N([C@H]1CCCC(=O)CC1=O)C2=O. The number of anilines is 1. The monoisotopic (exact) mass is 1050 g/mol. The number of nitrogens with zero attached hydrogens (tertiary/aromatic N) is 1. The van der Waals surface area contributed by atoms with Gasteiger partial charge in [0.1, 0.15) is 17.3 Å². The number of benzene rings is 4. The summed E-state index contributed by atoms with van der Waals surface area (Å²) in [6, 6.07) is 27.6. The second kappa shape index (κ2) is 26.0. The summed E-state index contributed by atoms with van der Waals surface area (Å²) in [5.74, 6) is -1.99. The Morgan fingerprint density at radius 2 is 1.32 bits per heavy atom. The molecule has 4 aliphatic carbocycles. The van der Waals surface area contributed by atoms with Crippen molar-refractivity contribution in [3.05, 3.63) is 119 Å². The number of ether oxygens (including phenoxy) is 4. The quantitative estimate of drug-likeness (QED) is 0.0249. The average Bonchev–Trinajstić information content (AvgIpc) is 3.91. The minimum atomic E-state index is -1.02. The van der Waals surface area contributed by atoms with Gasteiger partial charge < -0.3 is 29.6 Å². The molecule has 4 aromatic rings. The summed E-state index contributed by atoms with van der Waals surface area (Å²) in [5, 5.41) is 5.67. The molecule has 404 valence electrons. The number of fused-ring (bicyclic) bond motifs is 4. The van der Waals surface area contributed by atoms with Crippen molar-refractivity contribution in [1.82, 2.24) is 10.2 Å². The summed E-state index contributed by atoms with van der Waals surface area (Å²) in [6.07, 6.45) is 11.4. The van der Waals surface area contributed by atoms with Crippen molar-refractivity contribution < 1.29 is 57.3 Å². The van der Waals surface area contributed by atoms with Crippen molar-refractivity contribution >= 4 is 58.5 Å². The maximum atomic E-state index is 13.4. The molecular weight excluding hydrogens is 979 g/mol. The minimum absolute atomic E-state index is 0.000328. The molecule has 4 aromatic carbocycles. The number of allylic oxidation sites excluding steroid dienone is 1. The molecule has 0 saturated heterocycles. The molecule has 0 spiro atoms. The van der Waals surface area contributed by atoms with Gasteiger partial charge in [-0.3, -0.25) is 43.3 Å². The van der Waals surface area contributed by atoms with Crippen molar-refractivity contribution in [2.75, 3.05) is 64.7 Å². The number of hydrogen-bond donors (Lipinski definition) is 2. The summed E-state index contributed by atoms with van der Waals surface area (Å²) < 4.78 is 22.4. The van der Waals surface area contributed by atoms with Crippen molar-refractivity contribution in [2.45, 2.75) is 114 Å². The maximum Gasteiger partial charge on any atom is 0.264 e. The van der Waals surface area contributed by atoms with Gasteiger partial charge in [0.2, 0.25) is 11.8 Å². The highest BCUT2D eigenvalue weighted by Gasteiger charge is 2.45. The first-order chi connectivity index (χ1) is 37.5. The van der Waals surface area contributed by atoms with Crippen LogP contribution in [-0.4, -0.2) is 117 Å². The summed E-state index contributed by atoms with van der Waals surface area (Å²) in [6.45, 7) is 3.45. The van der Waals surface area contributed by atoms with E-state index < -0.39 is 29.5 Å². The zero-order chi connectivity index (χ0) is 53.7. The van der Waals surface area contributed by atoms with Crippen LogP contribution >= 0.6 is 0 Å². The molecule has 2 unspecified atom stereocenters. The predicted octanol–water partition coefficient (Wildman–Crippen LogP) is 8.94. The first-order valence-electron chi connectivity index (χ1n) is 27.5. The summed E-state index contributed by atoms with van der Waals surface area (Å²) in [5.41, 5.74) is 8.66. The zero-order valence-corrected chi connectivity index (χ0v) is 43.8. The van der Waals surface area contributed by atoms with Crippen LogP contribution in [0.5, 0.6) is 0 Å². The van der Waals surface area contributed by atoms with Crippen molar-refractivity contribution in [3.63, 3.8) is 0 Å². The van der Waals surface area contributed by atoms with Crippen LogP contribution < -0.4 is 10.6 Å². The minimum Gasteiger partial charge on any atom is -0.379 e. The largest absolute Gasteiger partial charge is 0.379 e. The Labute approximate surface area is 449 Å². The van der Waals surface area contributed by atoms with Gasteiger partial charge in [0.25, 0.3) is 11.8 Å². The lowest BCUT2D eigenvalue weighted by Gasteiger charge is -2.42. The number of Topliss-reactive ketones (excluding diaryl/α,β-unsaturated/α-hetero) is 4. The third kappa shape index (κ3) is 13.3. The van der Waals surface area contributed by atoms with E-state index in [-0.39, 0.29) is 90.1 Å². The zero-order valence-electron chi connectivity index (χ0n) is 43.8. The van der Waals surface area contributed by atoms with Crippen molar-refractivity contribution in [3.8, 4) is 22.3 Å². The number of amides is 4. The van der Waals surface area contributed by atoms with E-state index >= 15 is 0 Å². The van der Waals surface area contributed by atoms with Gasteiger partial charge in [-0.15, -0.1) is 0 Å². The lowest BCUT2D eigenvalue weighted by Crippen LogP contribution is -2.44. The average molecular weight is 1050 g/mol. The first-order valence-corrected chi connectivity index (χ1v) is 27.5. The fourth-order valence-electron chi connectivity index (χ4n) is 11.6. The van der Waals surface area contributed by atoms with Crippen LogP contribution in [0.25, 0.3) is 28.3 Å². The lowest BCUT2D eigenvalue weighted by atomic mass is 9.62. The van der Waals surface area contributed by atoms with Crippen molar-refractivity contribution in [1.29, 1.82) is 0 Å². The number of nitrogens with one attached hydrogen (secondary N) is 2. The highest BCUT2D eigenvalue weighted by atomic mass is 16.6. The topological polar surface area (TPSA) is 201 Å². The standard InChI is InChI=1S/C62H69N3O12/c66-45(20-24-58(71)64-53-13-5-12-49-59(53)61(73)65(60(49)72)54-14-4-10-46(67)39-56(54)69)11-6-30-74-32-34-76-36-37-77-35-33-75-31-29-63-57(70)25-28-62(26-7-27-62)44-18-15-42(16-19-44)50-38-43-17-21-48-47(22-23-55(48)68)52(43)40-51(50)41-8-2-1-3-9-41/h1-3,5,8-9,12-13,15-19,21,38,40,47-48,54H,4,6-7,10-11,14,20,22-37,39H2,(H,63,70)(H,64,71)/t47?,48?,54-/m0/s1. The van der Waals surface area contributed by atoms with Gasteiger partial charge in [-0.25, -0.2) is 0 Å². The van der Waals surface area contributed by atoms with Crippen LogP contribution in [-0.2, 0) is 53.1 Å². The second-order valence-electron chi connectivity index (χ2n) is 20.9. The molecular formula is C62H69N3O12. The number of carbonyl (C=O) groups is 8. The molecule has 4 amide bonds. The van der Waals surface area contributed by atoms with Crippen molar-refractivity contribution in [2.24, 2.45) is 5.92 Å². The molecule has 3 saturated carbocycles. The highest BCUT2D eigenvalue weighted by Crippen LogP contribution is 2.49. The molecule has 0 bridgehead atoms. The third-order valence-corrected chi connectivity index (χ3v) is 15.9. The number of hydrogen-bond acceptors (Lipinski definition) is 12. The molecule has 1 aliphatic heterocycles. The van der Waals surface area contributed by atoms with Gasteiger partial charge in [0, 0.05) is 57.6 Å². The number of imide groups is 1. The Bertz CT molecular complexity index is 2870. The molecule has 9 rings (SSSR count). The summed E-state index contributed by atoms with van der Waals surface area (Å²) in [4.78, 5) is 103. The molecule has 5 aliphatic rings. The van der Waals surface area contributed by atoms with Gasteiger partial charge in [0.15, 0.2) is 5.78 Å². The van der Waals surface area contributed by atoms with E-state index in [1.165, 1.54) is 46.0 Å². The smallest absolute Gasteiger partial charge is 0.264 e. The van der Waals surface area contributed by atoms with E-state index in [4.69, 9.17) is 18.9 Å². The highest BCUT2D eigenvalue weighted by molar-refractivity contribution is 6.26. The molecule has 0 radical (unpaired) electrons. The first kappa shape index (κ1) is 55.0. The Morgan fingerprint density at radius 1 is 0.623 bits per heavy atom. The Kier molecular flexibility index (Phi) is 18.6. The molecule has 15 heteroatoms. The molecule has 1 heterocycles. The number of rotatable bonds is 27. The van der Waals surface area contributed by atoms with E-state index in [1.54, 1.807) is 0 Å². The van der Waals surface area contributed by atoms with Crippen LogP contribution in [0.1, 0.15) is 140 Å². The maximum absolute atomic E-state index is 13.4. The van der Waals surface area contributed by atoms with Gasteiger partial charge in [0.05, 0.1) is 75.5 Å². The van der Waals surface area contributed by atoms with E-state index in [9.17, 15) is 38.4 Å². The fraction of sp³-hybridized carbons (Fsp3) is 0.452. The number of carbonyl (C=O) groups excluding carboxylic acids is 8. The summed E-state index contributed by atoms with van der Waals surface area (Å²) >= 11 is 0. The Morgan fingerprint density at radius 3 is 2.05 bits per heavy atom. The molecule has 0 aromatic heterocycles. The molecule has 77 heavy (non-hydrogen) atoms. The fourth-order valence-corrected chi connectivity index (χ4v) is 11.6. The Balaban J connectivity index is 0.587. The van der Waals surface area contributed by atoms with Crippen LogP contribution in [0.3, 0.4) is 0 Å². The van der Waals surface area contributed by atoms with E-state index in [2.05, 4.69) is 83.4 Å². The van der Waals surface area contributed by atoms with Crippen LogP contribution in [0.4, 0.5) is 5.69 Å². The van der Waals surface area contributed by atoms with Gasteiger partial charge in [-0.1, -0.05) is 79.2 Å². The van der Waals surface area contributed by atoms with Gasteiger partial charge in [-0.05, 0) is 119 Å². The second-order valence-corrected chi connectivity index (χ2v) is 20.9. The Hall–Kier alpha value is -6.78. The molecule has 3 fully saturated rings. The number of ketones is 4. The van der Waals surface area contributed by atoms with E-state index in [0.717, 1.165) is 48.1 Å². The molecule has 15 nitrogen and oxygen atoms in total. The van der Waals surface area contributed by atoms with Crippen LogP contribution in [0.15, 0.2) is 91.0 Å². The van der Waals surface area contributed by atoms with Gasteiger partial charge >= 0.3 is 0 Å². The molecule has 2 N–H and O–H groups in total. The van der Waals surface area contributed by atoms with Gasteiger partial charge in [-0.2, -0.15) is 0 Å². The van der Waals surface area contributed by atoms with Crippen LogP contribution in [0.2, 0.25) is 0 Å². The lowest BCUT2D eigenvalue weighted by molar-refractivity contribution is -0.128. The third-order valence-electron chi connectivity index (χ3n) is 15.9. The van der Waals surface area contributed by atoms with E-state index in [0.29, 0.717) is 90.9 Å².